The molecule has 0 bridgehead atoms. The number of hydrogen-bond acceptors (Lipinski definition) is 3. The summed E-state index contributed by atoms with van der Waals surface area (Å²) in [5, 5.41) is 6.55. The van der Waals surface area contributed by atoms with E-state index in [4.69, 9.17) is 5.73 Å². The molecule has 0 fully saturated rings. The standard InChI is InChI=1S/C12H15Br2N3S/c1-3-9-12(14)10(17(2)16-9)5-8(15)11-4-7(13)6-18-11/h4,6,8H,3,5,15H2,1-2H3. The third kappa shape index (κ3) is 2.87. The van der Waals surface area contributed by atoms with Gasteiger partial charge in [0.05, 0.1) is 15.9 Å². The largest absolute Gasteiger partial charge is 0.323 e. The molecule has 0 radical (unpaired) electrons. The lowest BCUT2D eigenvalue weighted by Crippen LogP contribution is -2.14. The molecule has 3 nitrogen and oxygen atoms in total. The second kappa shape index (κ2) is 5.86. The lowest BCUT2D eigenvalue weighted by molar-refractivity contribution is 0.642. The first-order valence-corrected chi connectivity index (χ1v) is 8.19. The summed E-state index contributed by atoms with van der Waals surface area (Å²) in [6.07, 6.45) is 1.71. The van der Waals surface area contributed by atoms with Crippen LogP contribution in [0.1, 0.15) is 29.2 Å². The molecule has 0 saturated carbocycles. The minimum atomic E-state index is 0.0118. The van der Waals surface area contributed by atoms with Crippen LogP contribution in [0.15, 0.2) is 20.4 Å². The number of thiophene rings is 1. The van der Waals surface area contributed by atoms with Crippen molar-refractivity contribution in [3.8, 4) is 0 Å². The molecule has 2 rings (SSSR count). The molecular weight excluding hydrogens is 378 g/mol. The second-order valence-corrected chi connectivity index (χ2v) is 6.81. The molecule has 0 spiro atoms. The Morgan fingerprint density at radius 3 is 2.72 bits per heavy atom. The van der Waals surface area contributed by atoms with Gasteiger partial charge in [-0.05, 0) is 44.3 Å². The molecule has 2 aromatic heterocycles. The van der Waals surface area contributed by atoms with Crippen LogP contribution in [0.3, 0.4) is 0 Å². The van der Waals surface area contributed by atoms with Crippen molar-refractivity contribution in [2.75, 3.05) is 0 Å². The van der Waals surface area contributed by atoms with Crippen LogP contribution < -0.4 is 5.73 Å². The van der Waals surface area contributed by atoms with Crippen LogP contribution in [0.5, 0.6) is 0 Å². The predicted octanol–water partition coefficient (Wildman–Crippen LogP) is 3.81. The van der Waals surface area contributed by atoms with Gasteiger partial charge in [-0.2, -0.15) is 5.10 Å². The molecule has 0 aliphatic rings. The zero-order valence-corrected chi connectivity index (χ0v) is 14.3. The van der Waals surface area contributed by atoms with E-state index < -0.39 is 0 Å². The predicted molar refractivity (Wildman–Crippen MR) is 82.9 cm³/mol. The molecule has 98 valence electrons. The van der Waals surface area contributed by atoms with Crippen LogP contribution in [0, 0.1) is 0 Å². The quantitative estimate of drug-likeness (QED) is 0.859. The van der Waals surface area contributed by atoms with Crippen LogP contribution in [0.25, 0.3) is 0 Å². The zero-order valence-electron chi connectivity index (χ0n) is 10.3. The average molecular weight is 393 g/mol. The summed E-state index contributed by atoms with van der Waals surface area (Å²) >= 11 is 8.77. The fraction of sp³-hybridized carbons (Fsp3) is 0.417. The van der Waals surface area contributed by atoms with Gasteiger partial charge < -0.3 is 5.73 Å². The second-order valence-electron chi connectivity index (χ2n) is 4.16. The number of aryl methyl sites for hydroxylation is 2. The first kappa shape index (κ1) is 14.2. The minimum absolute atomic E-state index is 0.0118. The number of nitrogens with two attached hydrogens (primary N) is 1. The molecule has 2 aromatic rings. The summed E-state index contributed by atoms with van der Waals surface area (Å²) in [5.41, 5.74) is 8.50. The van der Waals surface area contributed by atoms with Crippen molar-refractivity contribution < 1.29 is 0 Å². The number of aromatic nitrogens is 2. The first-order chi connectivity index (χ1) is 8.52. The van der Waals surface area contributed by atoms with Crippen LogP contribution in [0.4, 0.5) is 0 Å². The number of rotatable bonds is 4. The van der Waals surface area contributed by atoms with Gasteiger partial charge in [-0.25, -0.2) is 0 Å². The van der Waals surface area contributed by atoms with Crippen LogP contribution in [-0.4, -0.2) is 9.78 Å². The van der Waals surface area contributed by atoms with Crippen LogP contribution >= 0.6 is 43.2 Å². The van der Waals surface area contributed by atoms with Gasteiger partial charge in [-0.1, -0.05) is 6.92 Å². The Hall–Kier alpha value is -0.170. The summed E-state index contributed by atoms with van der Waals surface area (Å²) in [6.45, 7) is 2.10. The Morgan fingerprint density at radius 1 is 1.50 bits per heavy atom. The molecule has 6 heteroatoms. The Labute approximate surface area is 128 Å². The van der Waals surface area contributed by atoms with Gasteiger partial charge in [0.25, 0.3) is 0 Å². The van der Waals surface area contributed by atoms with Gasteiger partial charge in [-0.15, -0.1) is 11.3 Å². The van der Waals surface area contributed by atoms with E-state index >= 15 is 0 Å². The van der Waals surface area contributed by atoms with E-state index in [-0.39, 0.29) is 6.04 Å². The topological polar surface area (TPSA) is 43.8 Å². The average Bonchev–Trinajstić information content (AvgIpc) is 2.87. The van der Waals surface area contributed by atoms with Crippen molar-refractivity contribution in [1.29, 1.82) is 0 Å². The minimum Gasteiger partial charge on any atom is -0.323 e. The maximum absolute atomic E-state index is 6.26. The molecule has 0 amide bonds. The van der Waals surface area contributed by atoms with Gasteiger partial charge in [-0.3, -0.25) is 4.68 Å². The number of nitrogens with zero attached hydrogens (tertiary/aromatic N) is 2. The molecule has 18 heavy (non-hydrogen) atoms. The maximum atomic E-state index is 6.26. The van der Waals surface area contributed by atoms with Gasteiger partial charge >= 0.3 is 0 Å². The van der Waals surface area contributed by atoms with Crippen molar-refractivity contribution in [2.45, 2.75) is 25.8 Å². The molecule has 1 unspecified atom stereocenters. The van der Waals surface area contributed by atoms with Crippen molar-refractivity contribution >= 4 is 43.2 Å². The molecule has 0 saturated heterocycles. The van der Waals surface area contributed by atoms with Gasteiger partial charge in [0, 0.05) is 34.2 Å². The number of halogens is 2. The summed E-state index contributed by atoms with van der Waals surface area (Å²) in [4.78, 5) is 1.19. The van der Waals surface area contributed by atoms with Gasteiger partial charge in [0.15, 0.2) is 0 Å². The van der Waals surface area contributed by atoms with E-state index in [0.717, 1.165) is 33.2 Å². The molecule has 2 N–H and O–H groups in total. The Bertz CT molecular complexity index is 548. The van der Waals surface area contributed by atoms with Crippen LogP contribution in [0.2, 0.25) is 0 Å². The Balaban J connectivity index is 2.21. The summed E-state index contributed by atoms with van der Waals surface area (Å²) in [7, 11) is 1.97. The van der Waals surface area contributed by atoms with E-state index in [9.17, 15) is 0 Å². The zero-order chi connectivity index (χ0) is 13.3. The molecule has 0 aliphatic carbocycles. The third-order valence-corrected chi connectivity index (χ3v) is 5.61. The normalized spacial score (nSPS) is 12.9. The molecule has 0 aliphatic heterocycles. The summed E-state index contributed by atoms with van der Waals surface area (Å²) in [6, 6.07) is 2.10. The monoisotopic (exact) mass is 391 g/mol. The highest BCUT2D eigenvalue weighted by Crippen LogP contribution is 2.29. The summed E-state index contributed by atoms with van der Waals surface area (Å²) < 4.78 is 4.11. The van der Waals surface area contributed by atoms with Crippen LogP contribution in [-0.2, 0) is 19.9 Å². The SMILES string of the molecule is CCc1nn(C)c(CC(N)c2cc(Br)cs2)c1Br. The fourth-order valence-electron chi connectivity index (χ4n) is 1.87. The Morgan fingerprint density at radius 2 is 2.22 bits per heavy atom. The highest BCUT2D eigenvalue weighted by molar-refractivity contribution is 9.10. The molecule has 1 atom stereocenters. The van der Waals surface area contributed by atoms with E-state index in [1.807, 2.05) is 11.7 Å². The maximum Gasteiger partial charge on any atom is 0.0766 e. The lowest BCUT2D eigenvalue weighted by Gasteiger charge is -2.10. The molecular formula is C12H15Br2N3S. The highest BCUT2D eigenvalue weighted by Gasteiger charge is 2.17. The van der Waals surface area contributed by atoms with E-state index in [1.54, 1.807) is 11.3 Å². The first-order valence-electron chi connectivity index (χ1n) is 5.72. The summed E-state index contributed by atoms with van der Waals surface area (Å²) in [5.74, 6) is 0. The van der Waals surface area contributed by atoms with Crippen molar-refractivity contribution in [2.24, 2.45) is 12.8 Å². The highest BCUT2D eigenvalue weighted by atomic mass is 79.9. The molecule has 2 heterocycles. The van der Waals surface area contributed by atoms with E-state index in [1.165, 1.54) is 4.88 Å². The Kier molecular flexibility index (Phi) is 4.64. The van der Waals surface area contributed by atoms with Gasteiger partial charge in [0.1, 0.15) is 0 Å². The van der Waals surface area contributed by atoms with Crippen molar-refractivity contribution in [1.82, 2.24) is 9.78 Å². The fourth-order valence-corrected chi connectivity index (χ4v) is 4.10. The van der Waals surface area contributed by atoms with Gasteiger partial charge in [0.2, 0.25) is 0 Å². The van der Waals surface area contributed by atoms with Crippen molar-refractivity contribution in [3.63, 3.8) is 0 Å². The molecule has 0 aromatic carbocycles. The van der Waals surface area contributed by atoms with E-state index in [2.05, 4.69) is 55.3 Å². The number of hydrogen-bond donors (Lipinski definition) is 1. The van der Waals surface area contributed by atoms with E-state index in [0.29, 0.717) is 0 Å². The smallest absolute Gasteiger partial charge is 0.0766 e. The lowest BCUT2D eigenvalue weighted by atomic mass is 10.1. The van der Waals surface area contributed by atoms with Crippen molar-refractivity contribution in [3.05, 3.63) is 36.7 Å². The third-order valence-electron chi connectivity index (χ3n) is 2.87.